The Hall–Kier alpha value is -1.09. The molecule has 0 amide bonds. The highest BCUT2D eigenvalue weighted by molar-refractivity contribution is 9.10. The van der Waals surface area contributed by atoms with Gasteiger partial charge in [-0.05, 0) is 67.1 Å². The van der Waals surface area contributed by atoms with Crippen LogP contribution in [0.15, 0.2) is 46.9 Å². The molecule has 0 aliphatic carbocycles. The molecule has 1 fully saturated rings. The summed E-state index contributed by atoms with van der Waals surface area (Å²) < 4.78 is 1.02. The molecule has 0 radical (unpaired) electrons. The Balaban J connectivity index is 1.54. The van der Waals surface area contributed by atoms with Gasteiger partial charge in [-0.15, -0.1) is 0 Å². The van der Waals surface area contributed by atoms with E-state index >= 15 is 0 Å². The van der Waals surface area contributed by atoms with Gasteiger partial charge in [-0.25, -0.2) is 0 Å². The van der Waals surface area contributed by atoms with Crippen LogP contribution in [0.5, 0.6) is 0 Å². The van der Waals surface area contributed by atoms with Gasteiger partial charge in [0.25, 0.3) is 0 Å². The molecule has 0 saturated carbocycles. The lowest BCUT2D eigenvalue weighted by molar-refractivity contribution is 0.318. The van der Waals surface area contributed by atoms with Crippen molar-refractivity contribution in [1.29, 1.82) is 0 Å². The fourth-order valence-electron chi connectivity index (χ4n) is 2.99. The highest BCUT2D eigenvalue weighted by atomic mass is 79.9. The molecule has 0 unspecified atom stereocenters. The molecule has 1 aliphatic rings. The predicted molar refractivity (Wildman–Crippen MR) is 108 cm³/mol. The molecule has 1 N–H and O–H groups in total. The van der Waals surface area contributed by atoms with Gasteiger partial charge in [-0.1, -0.05) is 76.4 Å². The van der Waals surface area contributed by atoms with Gasteiger partial charge in [0.15, 0.2) is 0 Å². The zero-order chi connectivity index (χ0) is 16.8. The van der Waals surface area contributed by atoms with E-state index in [4.69, 9.17) is 11.6 Å². The van der Waals surface area contributed by atoms with Crippen LogP contribution in [0.2, 0.25) is 5.02 Å². The van der Waals surface area contributed by atoms with Gasteiger partial charge in [0.2, 0.25) is 0 Å². The second-order valence-corrected chi connectivity index (χ2v) is 7.81. The molecule has 1 aliphatic heterocycles. The zero-order valence-electron chi connectivity index (χ0n) is 13.8. The van der Waals surface area contributed by atoms with Crippen molar-refractivity contribution in [3.05, 3.63) is 68.7 Å². The summed E-state index contributed by atoms with van der Waals surface area (Å²) in [4.78, 5) is 0. The summed E-state index contributed by atoms with van der Waals surface area (Å²) in [6, 6.07) is 14.7. The van der Waals surface area contributed by atoms with Crippen molar-refractivity contribution in [2.75, 3.05) is 13.1 Å². The number of benzene rings is 2. The Morgan fingerprint density at radius 3 is 2.71 bits per heavy atom. The second-order valence-electron chi connectivity index (χ2n) is 6.51. The molecule has 2 aromatic rings. The van der Waals surface area contributed by atoms with Crippen LogP contribution in [0.4, 0.5) is 0 Å². The van der Waals surface area contributed by atoms with E-state index in [9.17, 15) is 0 Å². The standard InChI is InChI=1S/C21H23BrClN/c22-21-13-20(23)11-10-19(21)9-8-17-7-3-6-16(12-17)4-1-2-5-18-14-24-15-18/h3,6-13,18,24H,1-2,4-5,14-15H2/b9-8+. The van der Waals surface area contributed by atoms with Crippen molar-refractivity contribution in [1.82, 2.24) is 5.32 Å². The molecule has 1 saturated heterocycles. The maximum Gasteiger partial charge on any atom is 0.0417 e. The number of hydrogen-bond acceptors (Lipinski definition) is 1. The molecule has 0 bridgehead atoms. The summed E-state index contributed by atoms with van der Waals surface area (Å²) >= 11 is 9.55. The third-order valence-corrected chi connectivity index (χ3v) is 5.48. The van der Waals surface area contributed by atoms with Crippen LogP contribution in [-0.4, -0.2) is 13.1 Å². The summed E-state index contributed by atoms with van der Waals surface area (Å²) in [5.41, 5.74) is 3.82. The van der Waals surface area contributed by atoms with E-state index in [1.165, 1.54) is 49.9 Å². The molecular formula is C21H23BrClN. The van der Waals surface area contributed by atoms with Crippen LogP contribution in [0.25, 0.3) is 12.2 Å². The highest BCUT2D eigenvalue weighted by Gasteiger charge is 2.15. The smallest absolute Gasteiger partial charge is 0.0417 e. The summed E-state index contributed by atoms with van der Waals surface area (Å²) in [7, 11) is 0. The Bertz CT molecular complexity index is 707. The van der Waals surface area contributed by atoms with E-state index in [2.05, 4.69) is 57.7 Å². The molecule has 0 atom stereocenters. The summed E-state index contributed by atoms with van der Waals surface area (Å²) in [6.45, 7) is 2.45. The predicted octanol–water partition coefficient (Wildman–Crippen LogP) is 6.21. The first-order chi connectivity index (χ1) is 11.7. The average molecular weight is 405 g/mol. The van der Waals surface area contributed by atoms with Crippen molar-refractivity contribution in [3.63, 3.8) is 0 Å². The van der Waals surface area contributed by atoms with Gasteiger partial charge in [0, 0.05) is 9.50 Å². The fourth-order valence-corrected chi connectivity index (χ4v) is 3.80. The first-order valence-corrected chi connectivity index (χ1v) is 9.80. The summed E-state index contributed by atoms with van der Waals surface area (Å²) in [5.74, 6) is 0.928. The SMILES string of the molecule is Clc1ccc(/C=C/c2cccc(CCCCC3CNC3)c2)c(Br)c1. The van der Waals surface area contributed by atoms with Crippen molar-refractivity contribution in [3.8, 4) is 0 Å². The maximum atomic E-state index is 5.99. The molecule has 24 heavy (non-hydrogen) atoms. The molecule has 126 valence electrons. The topological polar surface area (TPSA) is 12.0 Å². The highest BCUT2D eigenvalue weighted by Crippen LogP contribution is 2.23. The molecule has 2 aromatic carbocycles. The van der Waals surface area contributed by atoms with E-state index < -0.39 is 0 Å². The van der Waals surface area contributed by atoms with Gasteiger partial charge >= 0.3 is 0 Å². The lowest BCUT2D eigenvalue weighted by Crippen LogP contribution is -2.41. The Morgan fingerprint density at radius 1 is 1.08 bits per heavy atom. The maximum absolute atomic E-state index is 5.99. The second kappa shape index (κ2) is 8.84. The third kappa shape index (κ3) is 5.20. The summed E-state index contributed by atoms with van der Waals surface area (Å²) in [6.07, 6.45) is 9.46. The van der Waals surface area contributed by atoms with E-state index in [-0.39, 0.29) is 0 Å². The van der Waals surface area contributed by atoms with Gasteiger partial charge in [-0.3, -0.25) is 0 Å². The zero-order valence-corrected chi connectivity index (χ0v) is 16.1. The normalized spacial score (nSPS) is 14.9. The minimum absolute atomic E-state index is 0.749. The van der Waals surface area contributed by atoms with Gasteiger partial charge < -0.3 is 5.32 Å². The van der Waals surface area contributed by atoms with Crippen molar-refractivity contribution in [2.24, 2.45) is 5.92 Å². The summed E-state index contributed by atoms with van der Waals surface area (Å²) in [5, 5.41) is 4.09. The number of rotatable bonds is 7. The van der Waals surface area contributed by atoms with Crippen LogP contribution >= 0.6 is 27.5 Å². The van der Waals surface area contributed by atoms with E-state index in [0.717, 1.165) is 21.0 Å². The van der Waals surface area contributed by atoms with Crippen LogP contribution in [0.1, 0.15) is 36.0 Å². The number of halogens is 2. The van der Waals surface area contributed by atoms with Crippen LogP contribution in [-0.2, 0) is 6.42 Å². The fraction of sp³-hybridized carbons (Fsp3) is 0.333. The quantitative estimate of drug-likeness (QED) is 0.427. The molecule has 0 spiro atoms. The van der Waals surface area contributed by atoms with Gasteiger partial charge in [0.1, 0.15) is 0 Å². The monoisotopic (exact) mass is 403 g/mol. The minimum atomic E-state index is 0.749. The first-order valence-electron chi connectivity index (χ1n) is 8.63. The molecule has 0 aromatic heterocycles. The van der Waals surface area contributed by atoms with Crippen molar-refractivity contribution >= 4 is 39.7 Å². The Morgan fingerprint density at radius 2 is 1.96 bits per heavy atom. The number of hydrogen-bond donors (Lipinski definition) is 1. The average Bonchev–Trinajstić information content (AvgIpc) is 2.52. The van der Waals surface area contributed by atoms with E-state index in [1.807, 2.05) is 18.2 Å². The number of unbranched alkanes of at least 4 members (excludes halogenated alkanes) is 1. The first kappa shape index (κ1) is 17.7. The van der Waals surface area contributed by atoms with Crippen LogP contribution in [0, 0.1) is 5.92 Å². The number of aryl methyl sites for hydroxylation is 1. The lowest BCUT2D eigenvalue weighted by atomic mass is 9.95. The molecule has 3 rings (SSSR count). The number of nitrogens with one attached hydrogen (secondary N) is 1. The van der Waals surface area contributed by atoms with Crippen LogP contribution in [0.3, 0.4) is 0 Å². The van der Waals surface area contributed by atoms with Gasteiger partial charge in [0.05, 0.1) is 0 Å². The van der Waals surface area contributed by atoms with E-state index in [0.29, 0.717) is 0 Å². The van der Waals surface area contributed by atoms with Crippen LogP contribution < -0.4 is 5.32 Å². The largest absolute Gasteiger partial charge is 0.316 e. The Kier molecular flexibility index (Phi) is 6.53. The molecule has 3 heteroatoms. The minimum Gasteiger partial charge on any atom is -0.316 e. The Labute approximate surface area is 158 Å². The molecule has 1 heterocycles. The lowest BCUT2D eigenvalue weighted by Gasteiger charge is -2.26. The van der Waals surface area contributed by atoms with Crippen molar-refractivity contribution < 1.29 is 0 Å². The van der Waals surface area contributed by atoms with E-state index in [1.54, 1.807) is 0 Å². The van der Waals surface area contributed by atoms with Gasteiger partial charge in [-0.2, -0.15) is 0 Å². The molecular weight excluding hydrogens is 382 g/mol. The van der Waals surface area contributed by atoms with Crippen molar-refractivity contribution in [2.45, 2.75) is 25.7 Å². The molecule has 1 nitrogen and oxygen atoms in total. The third-order valence-electron chi connectivity index (χ3n) is 4.56.